The first-order valence-electron chi connectivity index (χ1n) is 5.44. The standard InChI is InChI=1S/C11H14N4O3/c1-8(2)14(5-6-16)11-4-3-10(15(17)18)9(7-12)13-11/h3-4,8,16H,5-6H2,1-2H3. The first-order chi connectivity index (χ1) is 8.51. The van der Waals surface area contributed by atoms with Gasteiger partial charge in [0, 0.05) is 18.7 Å². The first kappa shape index (κ1) is 13.9. The van der Waals surface area contributed by atoms with Crippen LogP contribution in [0.1, 0.15) is 19.5 Å². The predicted octanol–water partition coefficient (Wildman–Crippen LogP) is 1.07. The van der Waals surface area contributed by atoms with Gasteiger partial charge in [-0.05, 0) is 19.9 Å². The summed E-state index contributed by atoms with van der Waals surface area (Å²) in [6, 6.07) is 4.52. The first-order valence-corrected chi connectivity index (χ1v) is 5.44. The summed E-state index contributed by atoms with van der Waals surface area (Å²) in [7, 11) is 0. The van der Waals surface area contributed by atoms with Gasteiger partial charge in [0.25, 0.3) is 0 Å². The average molecular weight is 250 g/mol. The molecule has 0 unspecified atom stereocenters. The molecule has 0 aliphatic rings. The number of hydrogen-bond acceptors (Lipinski definition) is 6. The fourth-order valence-electron chi connectivity index (χ4n) is 1.58. The fraction of sp³-hybridized carbons (Fsp3) is 0.455. The van der Waals surface area contributed by atoms with Crippen LogP contribution in [0.25, 0.3) is 0 Å². The highest BCUT2D eigenvalue weighted by atomic mass is 16.6. The summed E-state index contributed by atoms with van der Waals surface area (Å²) in [5.41, 5.74) is -0.532. The van der Waals surface area contributed by atoms with Crippen molar-refractivity contribution in [3.8, 4) is 6.07 Å². The van der Waals surface area contributed by atoms with Crippen LogP contribution in [0, 0.1) is 21.4 Å². The Hall–Kier alpha value is -2.20. The Kier molecular flexibility index (Phi) is 4.57. The van der Waals surface area contributed by atoms with Crippen LogP contribution in [-0.4, -0.2) is 34.2 Å². The minimum Gasteiger partial charge on any atom is -0.395 e. The summed E-state index contributed by atoms with van der Waals surface area (Å²) in [6.45, 7) is 4.11. The molecule has 0 bridgehead atoms. The molecular weight excluding hydrogens is 236 g/mol. The summed E-state index contributed by atoms with van der Waals surface area (Å²) in [5.74, 6) is 0.446. The Morgan fingerprint density at radius 2 is 2.28 bits per heavy atom. The predicted molar refractivity (Wildman–Crippen MR) is 65.2 cm³/mol. The molecule has 7 heteroatoms. The van der Waals surface area contributed by atoms with E-state index in [2.05, 4.69) is 4.98 Å². The van der Waals surface area contributed by atoms with Crippen molar-refractivity contribution >= 4 is 11.5 Å². The van der Waals surface area contributed by atoms with Crippen LogP contribution < -0.4 is 4.90 Å². The second-order valence-electron chi connectivity index (χ2n) is 3.92. The largest absolute Gasteiger partial charge is 0.395 e. The van der Waals surface area contributed by atoms with E-state index in [4.69, 9.17) is 10.4 Å². The van der Waals surface area contributed by atoms with Crippen LogP contribution in [0.15, 0.2) is 12.1 Å². The molecule has 1 aromatic rings. The fourth-order valence-corrected chi connectivity index (χ4v) is 1.58. The van der Waals surface area contributed by atoms with Gasteiger partial charge in [0.15, 0.2) is 0 Å². The van der Waals surface area contributed by atoms with Gasteiger partial charge in [-0.2, -0.15) is 5.26 Å². The number of aliphatic hydroxyl groups is 1. The molecule has 1 N–H and O–H groups in total. The number of nitrogens with zero attached hydrogens (tertiary/aromatic N) is 4. The minimum absolute atomic E-state index is 0.0568. The van der Waals surface area contributed by atoms with E-state index >= 15 is 0 Å². The summed E-state index contributed by atoms with van der Waals surface area (Å²) >= 11 is 0. The maximum Gasteiger partial charge on any atom is 0.305 e. The van der Waals surface area contributed by atoms with Gasteiger partial charge in [-0.25, -0.2) is 4.98 Å². The number of rotatable bonds is 5. The van der Waals surface area contributed by atoms with Crippen LogP contribution >= 0.6 is 0 Å². The highest BCUT2D eigenvalue weighted by Crippen LogP contribution is 2.21. The maximum absolute atomic E-state index is 10.7. The van der Waals surface area contributed by atoms with Crippen molar-refractivity contribution in [2.45, 2.75) is 19.9 Å². The summed E-state index contributed by atoms with van der Waals surface area (Å²) in [5, 5.41) is 28.5. The third kappa shape index (κ3) is 2.93. The quantitative estimate of drug-likeness (QED) is 0.619. The van der Waals surface area contributed by atoms with E-state index in [0.717, 1.165) is 0 Å². The van der Waals surface area contributed by atoms with Crippen LogP contribution in [0.4, 0.5) is 11.5 Å². The lowest BCUT2D eigenvalue weighted by molar-refractivity contribution is -0.385. The number of hydrogen-bond donors (Lipinski definition) is 1. The molecule has 1 heterocycles. The highest BCUT2D eigenvalue weighted by molar-refractivity contribution is 5.51. The van der Waals surface area contributed by atoms with Crippen molar-refractivity contribution in [2.24, 2.45) is 0 Å². The van der Waals surface area contributed by atoms with Crippen molar-refractivity contribution in [3.05, 3.63) is 27.9 Å². The van der Waals surface area contributed by atoms with Gasteiger partial charge in [0.1, 0.15) is 11.9 Å². The zero-order valence-corrected chi connectivity index (χ0v) is 10.2. The molecule has 0 amide bonds. The molecule has 0 saturated carbocycles. The van der Waals surface area contributed by atoms with Crippen molar-refractivity contribution in [1.29, 1.82) is 5.26 Å². The molecule has 18 heavy (non-hydrogen) atoms. The van der Waals surface area contributed by atoms with Gasteiger partial charge in [-0.3, -0.25) is 10.1 Å². The lowest BCUT2D eigenvalue weighted by atomic mass is 10.2. The second-order valence-corrected chi connectivity index (χ2v) is 3.92. The molecule has 0 aromatic carbocycles. The number of nitriles is 1. The average Bonchev–Trinajstić information content (AvgIpc) is 2.34. The lowest BCUT2D eigenvalue weighted by Gasteiger charge is -2.26. The molecule has 0 spiro atoms. The van der Waals surface area contributed by atoms with E-state index in [-0.39, 0.29) is 24.0 Å². The Bertz CT molecular complexity index is 482. The second kappa shape index (κ2) is 5.93. The highest BCUT2D eigenvalue weighted by Gasteiger charge is 2.19. The number of pyridine rings is 1. The smallest absolute Gasteiger partial charge is 0.305 e. The number of anilines is 1. The molecule has 1 rings (SSSR count). The van der Waals surface area contributed by atoms with E-state index in [1.54, 1.807) is 11.0 Å². The molecule has 0 radical (unpaired) electrons. The molecule has 96 valence electrons. The van der Waals surface area contributed by atoms with E-state index in [9.17, 15) is 10.1 Å². The van der Waals surface area contributed by atoms with Gasteiger partial charge >= 0.3 is 5.69 Å². The molecule has 7 nitrogen and oxygen atoms in total. The van der Waals surface area contributed by atoms with Gasteiger partial charge < -0.3 is 10.0 Å². The minimum atomic E-state index is -0.638. The molecule has 0 aliphatic carbocycles. The van der Waals surface area contributed by atoms with Gasteiger partial charge in [-0.1, -0.05) is 0 Å². The molecule has 0 aliphatic heterocycles. The molecule has 0 saturated heterocycles. The third-order valence-corrected chi connectivity index (χ3v) is 2.42. The molecule has 0 fully saturated rings. The summed E-state index contributed by atoms with van der Waals surface area (Å²) in [4.78, 5) is 15.8. The summed E-state index contributed by atoms with van der Waals surface area (Å²) < 4.78 is 0. The van der Waals surface area contributed by atoms with Crippen LogP contribution in [0.5, 0.6) is 0 Å². The summed E-state index contributed by atoms with van der Waals surface area (Å²) in [6.07, 6.45) is 0. The number of aliphatic hydroxyl groups excluding tert-OH is 1. The Morgan fingerprint density at radius 3 is 2.72 bits per heavy atom. The van der Waals surface area contributed by atoms with Crippen LogP contribution in [-0.2, 0) is 0 Å². The number of nitro groups is 1. The van der Waals surface area contributed by atoms with Crippen molar-refractivity contribution in [1.82, 2.24) is 4.98 Å². The van der Waals surface area contributed by atoms with E-state index in [1.807, 2.05) is 13.8 Å². The lowest BCUT2D eigenvalue weighted by Crippen LogP contribution is -2.34. The van der Waals surface area contributed by atoms with E-state index < -0.39 is 4.92 Å². The van der Waals surface area contributed by atoms with Crippen LogP contribution in [0.3, 0.4) is 0 Å². The van der Waals surface area contributed by atoms with Gasteiger partial charge in [0.2, 0.25) is 5.69 Å². The van der Waals surface area contributed by atoms with Crippen molar-refractivity contribution < 1.29 is 10.0 Å². The maximum atomic E-state index is 10.7. The van der Waals surface area contributed by atoms with E-state index in [1.165, 1.54) is 12.1 Å². The Morgan fingerprint density at radius 1 is 1.61 bits per heavy atom. The zero-order chi connectivity index (χ0) is 13.7. The topological polar surface area (TPSA) is 103 Å². The van der Waals surface area contributed by atoms with Crippen LogP contribution in [0.2, 0.25) is 0 Å². The van der Waals surface area contributed by atoms with E-state index in [0.29, 0.717) is 12.4 Å². The normalized spacial score (nSPS) is 10.2. The SMILES string of the molecule is CC(C)N(CCO)c1ccc([N+](=O)[O-])c(C#N)n1. The zero-order valence-electron chi connectivity index (χ0n) is 10.2. The monoisotopic (exact) mass is 250 g/mol. The number of aromatic nitrogens is 1. The third-order valence-electron chi connectivity index (χ3n) is 2.42. The molecule has 1 aromatic heterocycles. The molecule has 0 atom stereocenters. The van der Waals surface area contributed by atoms with Gasteiger partial charge in [-0.15, -0.1) is 0 Å². The Labute approximate surface area is 104 Å². The van der Waals surface area contributed by atoms with Crippen molar-refractivity contribution in [3.63, 3.8) is 0 Å². The Balaban J connectivity index is 3.19. The molecular formula is C11H14N4O3. The van der Waals surface area contributed by atoms with Crippen molar-refractivity contribution in [2.75, 3.05) is 18.1 Å². The van der Waals surface area contributed by atoms with Gasteiger partial charge in [0.05, 0.1) is 11.5 Å².